The van der Waals surface area contributed by atoms with Crippen LogP contribution in [-0.2, 0) is 23.9 Å². The van der Waals surface area contributed by atoms with Crippen LogP contribution in [0.15, 0.2) is 24.3 Å². The van der Waals surface area contributed by atoms with Crippen LogP contribution in [0.25, 0.3) is 0 Å². The molecule has 5 heteroatoms. The highest BCUT2D eigenvalue weighted by atomic mass is 16.6. The Bertz CT molecular complexity index is 735. The minimum atomic E-state index is -0.518. The fourth-order valence-corrected chi connectivity index (χ4v) is 4.29. The fourth-order valence-electron chi connectivity index (χ4n) is 4.29. The summed E-state index contributed by atoms with van der Waals surface area (Å²) in [5.74, 6) is -2.18. The van der Waals surface area contributed by atoms with Crippen molar-refractivity contribution in [1.82, 2.24) is 0 Å². The van der Waals surface area contributed by atoms with E-state index in [4.69, 9.17) is 4.74 Å². The van der Waals surface area contributed by atoms with E-state index >= 15 is 0 Å². The van der Waals surface area contributed by atoms with E-state index in [0.717, 1.165) is 11.1 Å². The van der Waals surface area contributed by atoms with Crippen LogP contribution >= 0.6 is 0 Å². The number of Topliss-reactive ketones (excluding diaryl/α,β-unsaturated/α-hetero) is 2. The van der Waals surface area contributed by atoms with Gasteiger partial charge in [-0.1, -0.05) is 24.3 Å². The summed E-state index contributed by atoms with van der Waals surface area (Å²) in [5, 5.41) is 0. The molecular weight excluding hydrogens is 296 g/mol. The topological polar surface area (TPSA) is 77.5 Å². The minimum absolute atomic E-state index is 0.000297. The van der Waals surface area contributed by atoms with E-state index < -0.39 is 23.8 Å². The van der Waals surface area contributed by atoms with Gasteiger partial charge in [0, 0.05) is 12.3 Å². The number of hydrogen-bond donors (Lipinski definition) is 0. The second-order valence-corrected chi connectivity index (χ2v) is 6.70. The van der Waals surface area contributed by atoms with E-state index in [1.165, 1.54) is 0 Å². The van der Waals surface area contributed by atoms with Crippen molar-refractivity contribution >= 4 is 23.5 Å². The van der Waals surface area contributed by atoms with Crippen molar-refractivity contribution in [2.24, 2.45) is 11.8 Å². The molecule has 1 saturated carbocycles. The molecule has 4 unspecified atom stereocenters. The van der Waals surface area contributed by atoms with Gasteiger partial charge in [0.05, 0.1) is 18.3 Å². The zero-order valence-electron chi connectivity index (χ0n) is 12.5. The van der Waals surface area contributed by atoms with Gasteiger partial charge in [0.25, 0.3) is 0 Å². The number of ether oxygens (including phenoxy) is 1. The van der Waals surface area contributed by atoms with Crippen LogP contribution in [-0.4, -0.2) is 23.5 Å². The van der Waals surface area contributed by atoms with Crippen molar-refractivity contribution in [1.29, 1.82) is 0 Å². The molecule has 3 aliphatic rings. The summed E-state index contributed by atoms with van der Waals surface area (Å²) < 4.78 is 4.82. The van der Waals surface area contributed by atoms with E-state index in [0.29, 0.717) is 19.3 Å². The molecule has 2 fully saturated rings. The molecule has 0 amide bonds. The van der Waals surface area contributed by atoms with E-state index in [1.54, 1.807) is 0 Å². The Morgan fingerprint density at radius 1 is 0.957 bits per heavy atom. The molecule has 2 aliphatic carbocycles. The summed E-state index contributed by atoms with van der Waals surface area (Å²) in [6, 6.07) is 7.56. The smallest absolute Gasteiger partial charge is 0.321 e. The third-order valence-corrected chi connectivity index (χ3v) is 5.34. The molecule has 1 heterocycles. The number of carbonyl (C=O) groups is 4. The lowest BCUT2D eigenvalue weighted by Gasteiger charge is -2.32. The molecule has 118 valence electrons. The summed E-state index contributed by atoms with van der Waals surface area (Å²) in [5.41, 5.74) is 1.84. The number of rotatable bonds is 2. The maximum Gasteiger partial charge on any atom is 0.321 e. The third kappa shape index (κ3) is 2.22. The number of fused-ring (bicyclic) bond motifs is 3. The summed E-state index contributed by atoms with van der Waals surface area (Å²) in [4.78, 5) is 47.4. The first kappa shape index (κ1) is 14.3. The Hall–Kier alpha value is -2.30. The van der Waals surface area contributed by atoms with E-state index in [1.807, 2.05) is 24.3 Å². The molecule has 0 N–H and O–H groups in total. The molecule has 1 aromatic carbocycles. The molecule has 5 nitrogen and oxygen atoms in total. The van der Waals surface area contributed by atoms with Gasteiger partial charge < -0.3 is 4.74 Å². The number of benzene rings is 1. The summed E-state index contributed by atoms with van der Waals surface area (Å²) in [6.45, 7) is 0. The van der Waals surface area contributed by atoms with Gasteiger partial charge in [0.1, 0.15) is 11.6 Å². The SMILES string of the molecule is O=C1CC(=O)C(CC2CC3C(=O)OC(=O)C3c3ccccc32)C1. The molecule has 0 aromatic heterocycles. The van der Waals surface area contributed by atoms with E-state index in [9.17, 15) is 19.2 Å². The highest BCUT2D eigenvalue weighted by Gasteiger charge is 2.50. The van der Waals surface area contributed by atoms with Crippen LogP contribution in [0.2, 0.25) is 0 Å². The van der Waals surface area contributed by atoms with Gasteiger partial charge in [0.2, 0.25) is 0 Å². The van der Waals surface area contributed by atoms with Crippen LogP contribution < -0.4 is 0 Å². The van der Waals surface area contributed by atoms with Gasteiger partial charge in [-0.15, -0.1) is 0 Å². The largest absolute Gasteiger partial charge is 0.392 e. The predicted octanol–water partition coefficient (Wildman–Crippen LogP) is 1.90. The first-order chi connectivity index (χ1) is 11.0. The first-order valence-corrected chi connectivity index (χ1v) is 7.93. The minimum Gasteiger partial charge on any atom is -0.392 e. The highest BCUT2D eigenvalue weighted by Crippen LogP contribution is 2.49. The zero-order chi connectivity index (χ0) is 16.1. The van der Waals surface area contributed by atoms with Crippen molar-refractivity contribution in [3.05, 3.63) is 35.4 Å². The zero-order valence-corrected chi connectivity index (χ0v) is 12.5. The summed E-state index contributed by atoms with van der Waals surface area (Å²) in [7, 11) is 0. The van der Waals surface area contributed by atoms with Crippen LogP contribution in [0.5, 0.6) is 0 Å². The van der Waals surface area contributed by atoms with Crippen molar-refractivity contribution in [3.8, 4) is 0 Å². The van der Waals surface area contributed by atoms with Gasteiger partial charge in [-0.3, -0.25) is 19.2 Å². The maximum atomic E-state index is 12.0. The molecule has 1 aliphatic heterocycles. The van der Waals surface area contributed by atoms with Gasteiger partial charge in [0.15, 0.2) is 0 Å². The molecule has 0 radical (unpaired) electrons. The maximum absolute atomic E-state index is 12.0. The summed E-state index contributed by atoms with van der Waals surface area (Å²) >= 11 is 0. The van der Waals surface area contributed by atoms with Gasteiger partial charge in [-0.05, 0) is 29.9 Å². The molecule has 4 atom stereocenters. The first-order valence-electron chi connectivity index (χ1n) is 7.93. The van der Waals surface area contributed by atoms with Crippen molar-refractivity contribution < 1.29 is 23.9 Å². The molecule has 4 rings (SSSR count). The average Bonchev–Trinajstić information content (AvgIpc) is 2.98. The van der Waals surface area contributed by atoms with Crippen LogP contribution in [0, 0.1) is 11.8 Å². The summed E-state index contributed by atoms with van der Waals surface area (Å²) in [6.07, 6.45) is 1.40. The Kier molecular flexibility index (Phi) is 3.18. The Morgan fingerprint density at radius 2 is 1.70 bits per heavy atom. The second-order valence-electron chi connectivity index (χ2n) is 6.70. The molecule has 23 heavy (non-hydrogen) atoms. The molecular formula is C18H16O5. The molecule has 1 saturated heterocycles. The lowest BCUT2D eigenvalue weighted by Crippen LogP contribution is -2.27. The number of ketones is 2. The molecule has 1 aromatic rings. The number of esters is 2. The molecule has 0 bridgehead atoms. The average molecular weight is 312 g/mol. The third-order valence-electron chi connectivity index (χ3n) is 5.34. The lowest BCUT2D eigenvalue weighted by atomic mass is 9.69. The van der Waals surface area contributed by atoms with Gasteiger partial charge in [-0.25, -0.2) is 0 Å². The van der Waals surface area contributed by atoms with E-state index in [2.05, 4.69) is 0 Å². The second kappa shape index (κ2) is 5.11. The van der Waals surface area contributed by atoms with Crippen LogP contribution in [0.4, 0.5) is 0 Å². The quantitative estimate of drug-likeness (QED) is 0.615. The number of hydrogen-bond acceptors (Lipinski definition) is 5. The normalized spacial score (nSPS) is 32.7. The van der Waals surface area contributed by atoms with Crippen molar-refractivity contribution in [3.63, 3.8) is 0 Å². The number of cyclic esters (lactones) is 2. The van der Waals surface area contributed by atoms with Gasteiger partial charge >= 0.3 is 11.9 Å². The van der Waals surface area contributed by atoms with Crippen LogP contribution in [0.1, 0.15) is 48.6 Å². The standard InChI is InChI=1S/C18H16O5/c19-11-6-10(15(20)8-11)5-9-7-14-16(18(22)23-17(14)21)13-4-2-1-3-12(9)13/h1-4,9-10,14,16H,5-8H2. The van der Waals surface area contributed by atoms with Crippen molar-refractivity contribution in [2.45, 2.75) is 37.5 Å². The fraction of sp³-hybridized carbons (Fsp3) is 0.444. The highest BCUT2D eigenvalue weighted by molar-refractivity contribution is 6.07. The predicted molar refractivity (Wildman–Crippen MR) is 78.5 cm³/mol. The Labute approximate surface area is 133 Å². The van der Waals surface area contributed by atoms with Crippen molar-refractivity contribution in [2.75, 3.05) is 0 Å². The Balaban J connectivity index is 1.68. The lowest BCUT2D eigenvalue weighted by molar-refractivity contribution is -0.153. The Morgan fingerprint density at radius 3 is 2.39 bits per heavy atom. The van der Waals surface area contributed by atoms with Crippen LogP contribution in [0.3, 0.4) is 0 Å². The van der Waals surface area contributed by atoms with E-state index in [-0.39, 0.29) is 29.8 Å². The van der Waals surface area contributed by atoms with Gasteiger partial charge in [-0.2, -0.15) is 0 Å². The molecule has 0 spiro atoms. The number of carbonyl (C=O) groups excluding carboxylic acids is 4. The monoisotopic (exact) mass is 312 g/mol.